The van der Waals surface area contributed by atoms with Gasteiger partial charge in [0.25, 0.3) is 5.91 Å². The zero-order valence-electron chi connectivity index (χ0n) is 21.9. The lowest BCUT2D eigenvalue weighted by atomic mass is 10.1. The van der Waals surface area contributed by atoms with Crippen LogP contribution in [0.2, 0.25) is 0 Å². The highest BCUT2D eigenvalue weighted by Gasteiger charge is 2.15. The summed E-state index contributed by atoms with van der Waals surface area (Å²) in [5.74, 6) is -0.329. The number of pyridine rings is 1. The fourth-order valence-electron chi connectivity index (χ4n) is 3.77. The number of nitrogens with one attached hydrogen (secondary N) is 2. The second-order valence-electron chi connectivity index (χ2n) is 8.83. The molecule has 9 nitrogen and oxygen atoms in total. The van der Waals surface area contributed by atoms with E-state index in [-0.39, 0.29) is 48.6 Å². The number of hydrogen-bond acceptors (Lipinski definition) is 7. The number of hydrogen-bond donors (Lipinski definition) is 3. The maximum atomic E-state index is 12.9. The molecule has 0 bridgehead atoms. The van der Waals surface area contributed by atoms with Crippen molar-refractivity contribution in [3.8, 4) is 17.4 Å². The van der Waals surface area contributed by atoms with Crippen LogP contribution < -0.4 is 15.4 Å². The second-order valence-corrected chi connectivity index (χ2v) is 8.83. The number of rotatable bonds is 11. The van der Waals surface area contributed by atoms with E-state index in [0.717, 1.165) is 16.7 Å². The molecule has 1 aromatic heterocycles. The SMILES string of the molecule is CCOC(=O)c1cccc(Oc2ncccc2C(=O)NCc2ccc(CNC(=O)Cc3ccc(O)cc3)cc2)c1. The van der Waals surface area contributed by atoms with Crippen LogP contribution in [0.3, 0.4) is 0 Å². The highest BCUT2D eigenvalue weighted by atomic mass is 16.5. The van der Waals surface area contributed by atoms with Crippen LogP contribution in [-0.2, 0) is 29.0 Å². The Bertz CT molecular complexity index is 1470. The Morgan fingerprint density at radius 1 is 0.825 bits per heavy atom. The fourth-order valence-corrected chi connectivity index (χ4v) is 3.77. The molecule has 9 heteroatoms. The Morgan fingerprint density at radius 3 is 2.20 bits per heavy atom. The van der Waals surface area contributed by atoms with Crippen LogP contribution in [0.1, 0.15) is 44.3 Å². The normalized spacial score (nSPS) is 10.4. The quantitative estimate of drug-likeness (QED) is 0.239. The van der Waals surface area contributed by atoms with Gasteiger partial charge in [-0.3, -0.25) is 9.59 Å². The van der Waals surface area contributed by atoms with E-state index >= 15 is 0 Å². The number of carbonyl (C=O) groups is 3. The number of amides is 2. The van der Waals surface area contributed by atoms with E-state index in [1.807, 2.05) is 24.3 Å². The molecule has 2 amide bonds. The molecule has 0 spiro atoms. The van der Waals surface area contributed by atoms with Crippen LogP contribution in [0.4, 0.5) is 0 Å². The minimum atomic E-state index is -0.464. The van der Waals surface area contributed by atoms with E-state index in [2.05, 4.69) is 15.6 Å². The summed E-state index contributed by atoms with van der Waals surface area (Å²) in [4.78, 5) is 41.4. The number of esters is 1. The predicted molar refractivity (Wildman–Crippen MR) is 148 cm³/mol. The first-order valence-corrected chi connectivity index (χ1v) is 12.7. The van der Waals surface area contributed by atoms with Gasteiger partial charge in [0, 0.05) is 19.3 Å². The van der Waals surface area contributed by atoms with E-state index in [1.54, 1.807) is 61.5 Å². The number of phenolic OH excluding ortho intramolecular Hbond substituents is 1. The lowest BCUT2D eigenvalue weighted by Gasteiger charge is -2.11. The van der Waals surface area contributed by atoms with Crippen LogP contribution in [0.5, 0.6) is 17.4 Å². The van der Waals surface area contributed by atoms with Gasteiger partial charge in [0.05, 0.1) is 18.6 Å². The van der Waals surface area contributed by atoms with E-state index in [0.29, 0.717) is 17.9 Å². The lowest BCUT2D eigenvalue weighted by molar-refractivity contribution is -0.120. The molecule has 3 aromatic carbocycles. The molecule has 3 N–H and O–H groups in total. The number of phenols is 1. The summed E-state index contributed by atoms with van der Waals surface area (Å²) in [6, 6.07) is 23.8. The highest BCUT2D eigenvalue weighted by Crippen LogP contribution is 2.24. The van der Waals surface area contributed by atoms with E-state index in [9.17, 15) is 19.5 Å². The monoisotopic (exact) mass is 539 g/mol. The maximum absolute atomic E-state index is 12.9. The zero-order valence-corrected chi connectivity index (χ0v) is 21.9. The molecule has 0 saturated heterocycles. The molecule has 204 valence electrons. The molecule has 4 rings (SSSR count). The van der Waals surface area contributed by atoms with Crippen molar-refractivity contribution >= 4 is 17.8 Å². The van der Waals surface area contributed by atoms with E-state index in [4.69, 9.17) is 9.47 Å². The summed E-state index contributed by atoms with van der Waals surface area (Å²) in [5.41, 5.74) is 3.19. The van der Waals surface area contributed by atoms with Gasteiger partial charge in [-0.05, 0) is 66.1 Å². The third-order valence-electron chi connectivity index (χ3n) is 5.84. The maximum Gasteiger partial charge on any atom is 0.338 e. The number of aromatic nitrogens is 1. The molecule has 1 heterocycles. The second kappa shape index (κ2) is 13.6. The Balaban J connectivity index is 1.30. The standard InChI is InChI=1S/C31H29N3O6/c1-2-39-31(38)24-5-3-6-26(18-24)40-30-27(7-4-16-32-30)29(37)34-20-23-10-8-22(9-11-23)19-33-28(36)17-21-12-14-25(35)15-13-21/h3-16,18,35H,2,17,19-20H2,1H3,(H,33,36)(H,34,37). The summed E-state index contributed by atoms with van der Waals surface area (Å²) in [7, 11) is 0. The van der Waals surface area contributed by atoms with Gasteiger partial charge >= 0.3 is 5.97 Å². The fraction of sp³-hybridized carbons (Fsp3) is 0.161. The van der Waals surface area contributed by atoms with Crippen molar-refractivity contribution in [2.75, 3.05) is 6.61 Å². The van der Waals surface area contributed by atoms with Crippen LogP contribution in [-0.4, -0.2) is 34.5 Å². The van der Waals surface area contributed by atoms with E-state index in [1.165, 1.54) is 12.3 Å². The van der Waals surface area contributed by atoms with Crippen LogP contribution >= 0.6 is 0 Å². The average molecular weight is 540 g/mol. The van der Waals surface area contributed by atoms with Crippen molar-refractivity contribution in [2.45, 2.75) is 26.4 Å². The minimum Gasteiger partial charge on any atom is -0.508 e. The van der Waals surface area contributed by atoms with Gasteiger partial charge < -0.3 is 25.2 Å². The molecule has 40 heavy (non-hydrogen) atoms. The van der Waals surface area contributed by atoms with Gasteiger partial charge in [0.15, 0.2) is 0 Å². The average Bonchev–Trinajstić information content (AvgIpc) is 2.97. The van der Waals surface area contributed by atoms with E-state index < -0.39 is 5.97 Å². The van der Waals surface area contributed by atoms with Crippen LogP contribution in [0, 0.1) is 0 Å². The first-order chi connectivity index (χ1) is 19.4. The molecular formula is C31H29N3O6. The molecule has 0 radical (unpaired) electrons. The topological polar surface area (TPSA) is 127 Å². The first kappa shape index (κ1) is 27.8. The molecule has 0 fully saturated rings. The van der Waals surface area contributed by atoms with Gasteiger partial charge in [-0.15, -0.1) is 0 Å². The van der Waals surface area contributed by atoms with Gasteiger partial charge in [-0.1, -0.05) is 42.5 Å². The summed E-state index contributed by atoms with van der Waals surface area (Å²) in [6.07, 6.45) is 1.74. The highest BCUT2D eigenvalue weighted by molar-refractivity contribution is 5.96. The van der Waals surface area contributed by atoms with Gasteiger partial charge in [-0.2, -0.15) is 0 Å². The molecule has 0 aliphatic rings. The molecule has 0 aliphatic carbocycles. The van der Waals surface area contributed by atoms with Crippen molar-refractivity contribution in [2.24, 2.45) is 0 Å². The van der Waals surface area contributed by atoms with Gasteiger partial charge in [-0.25, -0.2) is 9.78 Å². The lowest BCUT2D eigenvalue weighted by Crippen LogP contribution is -2.25. The van der Waals surface area contributed by atoms with Crippen LogP contribution in [0.25, 0.3) is 0 Å². The summed E-state index contributed by atoms with van der Waals surface area (Å²) in [6.45, 7) is 2.64. The van der Waals surface area contributed by atoms with Gasteiger partial charge in [0.2, 0.25) is 11.8 Å². The van der Waals surface area contributed by atoms with Crippen molar-refractivity contribution < 1.29 is 29.0 Å². The smallest absolute Gasteiger partial charge is 0.338 e. The third kappa shape index (κ3) is 7.91. The molecule has 0 saturated carbocycles. The summed E-state index contributed by atoms with van der Waals surface area (Å²) in [5, 5.41) is 15.1. The number of ether oxygens (including phenoxy) is 2. The summed E-state index contributed by atoms with van der Waals surface area (Å²) >= 11 is 0. The molecule has 4 aromatic rings. The van der Waals surface area contributed by atoms with Crippen molar-refractivity contribution in [3.05, 3.63) is 119 Å². The zero-order chi connectivity index (χ0) is 28.3. The molecule has 0 atom stereocenters. The minimum absolute atomic E-state index is 0.111. The molecule has 0 unspecified atom stereocenters. The van der Waals surface area contributed by atoms with Gasteiger partial charge in [0.1, 0.15) is 17.1 Å². The largest absolute Gasteiger partial charge is 0.508 e. The number of nitrogens with zero attached hydrogens (tertiary/aromatic N) is 1. The molecular weight excluding hydrogens is 510 g/mol. The predicted octanol–water partition coefficient (Wildman–Crippen LogP) is 4.55. The number of aromatic hydroxyl groups is 1. The van der Waals surface area contributed by atoms with Crippen molar-refractivity contribution in [1.29, 1.82) is 0 Å². The molecule has 0 aliphatic heterocycles. The summed E-state index contributed by atoms with van der Waals surface area (Å²) < 4.78 is 10.9. The Hall–Kier alpha value is -5.18. The Morgan fingerprint density at radius 2 is 1.50 bits per heavy atom. The number of benzene rings is 3. The Kier molecular flexibility index (Phi) is 9.44. The number of carbonyl (C=O) groups excluding carboxylic acids is 3. The first-order valence-electron chi connectivity index (χ1n) is 12.7. The van der Waals surface area contributed by atoms with Crippen molar-refractivity contribution in [3.63, 3.8) is 0 Å². The Labute approximate surface area is 231 Å². The van der Waals surface area contributed by atoms with Crippen LogP contribution in [0.15, 0.2) is 91.1 Å². The third-order valence-corrected chi connectivity index (χ3v) is 5.84. The van der Waals surface area contributed by atoms with Crippen molar-refractivity contribution in [1.82, 2.24) is 15.6 Å².